The molecule has 2 aromatic carbocycles. The molecule has 0 spiro atoms. The smallest absolute Gasteiger partial charge is 0.238 e. The summed E-state index contributed by atoms with van der Waals surface area (Å²) in [5.74, 6) is -0.281. The van der Waals surface area contributed by atoms with E-state index < -0.39 is 5.60 Å². The molecular weight excluding hydrogens is 355 g/mol. The van der Waals surface area contributed by atoms with Crippen molar-refractivity contribution >= 4 is 11.6 Å². The molecule has 1 heterocycles. The third kappa shape index (κ3) is 3.96. The molecular formula is C23H27FN2O2. The highest BCUT2D eigenvalue weighted by atomic mass is 19.1. The third-order valence-electron chi connectivity index (χ3n) is 6.29. The van der Waals surface area contributed by atoms with Gasteiger partial charge in [0, 0.05) is 24.2 Å². The van der Waals surface area contributed by atoms with Gasteiger partial charge in [0.1, 0.15) is 5.82 Å². The number of nitrogens with one attached hydrogen (secondary N) is 1. The molecule has 5 heteroatoms. The van der Waals surface area contributed by atoms with E-state index in [1.807, 2.05) is 30.3 Å². The first-order valence-electron chi connectivity index (χ1n) is 10.1. The lowest BCUT2D eigenvalue weighted by atomic mass is 9.66. The Hall–Kier alpha value is -2.24. The lowest BCUT2D eigenvalue weighted by molar-refractivity contribution is -0.135. The summed E-state index contributed by atoms with van der Waals surface area (Å²) in [5.41, 5.74) is 1.06. The van der Waals surface area contributed by atoms with Crippen molar-refractivity contribution in [3.63, 3.8) is 0 Å². The van der Waals surface area contributed by atoms with Crippen molar-refractivity contribution in [2.45, 2.75) is 43.7 Å². The Bertz CT molecular complexity index is 811. The van der Waals surface area contributed by atoms with Crippen molar-refractivity contribution in [3.8, 4) is 0 Å². The molecule has 2 aromatic rings. The Morgan fingerprint density at radius 3 is 2.61 bits per heavy atom. The van der Waals surface area contributed by atoms with Gasteiger partial charge in [-0.05, 0) is 49.1 Å². The van der Waals surface area contributed by atoms with Gasteiger partial charge >= 0.3 is 0 Å². The number of nitrogens with zero attached hydrogens (tertiary/aromatic N) is 1. The molecule has 1 saturated heterocycles. The van der Waals surface area contributed by atoms with Crippen LogP contribution in [0.5, 0.6) is 0 Å². The maximum atomic E-state index is 13.5. The van der Waals surface area contributed by atoms with Gasteiger partial charge in [0.25, 0.3) is 0 Å². The number of rotatable bonds is 4. The molecule has 0 aromatic heterocycles. The third-order valence-corrected chi connectivity index (χ3v) is 6.29. The number of likely N-dealkylation sites (tertiary alicyclic amines) is 1. The summed E-state index contributed by atoms with van der Waals surface area (Å²) in [6.07, 6.45) is 4.52. The highest BCUT2D eigenvalue weighted by molar-refractivity contribution is 5.92. The molecule has 2 fully saturated rings. The van der Waals surface area contributed by atoms with Crippen LogP contribution in [-0.2, 0) is 4.79 Å². The lowest BCUT2D eigenvalue weighted by Crippen LogP contribution is -2.56. The summed E-state index contributed by atoms with van der Waals surface area (Å²) >= 11 is 0. The Morgan fingerprint density at radius 2 is 1.86 bits per heavy atom. The number of amides is 1. The van der Waals surface area contributed by atoms with E-state index in [2.05, 4.69) is 10.2 Å². The van der Waals surface area contributed by atoms with Crippen LogP contribution in [0, 0.1) is 11.7 Å². The lowest BCUT2D eigenvalue weighted by Gasteiger charge is -2.52. The molecule has 1 amide bonds. The second kappa shape index (κ2) is 8.02. The van der Waals surface area contributed by atoms with Crippen molar-refractivity contribution in [1.29, 1.82) is 0 Å². The second-order valence-electron chi connectivity index (χ2n) is 8.09. The fourth-order valence-corrected chi connectivity index (χ4v) is 4.93. The molecule has 3 atom stereocenters. The monoisotopic (exact) mass is 382 g/mol. The van der Waals surface area contributed by atoms with Crippen molar-refractivity contribution in [2.24, 2.45) is 5.92 Å². The number of aliphatic hydroxyl groups is 1. The van der Waals surface area contributed by atoms with E-state index in [0.29, 0.717) is 13.0 Å². The number of hydrogen-bond donors (Lipinski definition) is 2. The highest BCUT2D eigenvalue weighted by Crippen LogP contribution is 2.49. The van der Waals surface area contributed by atoms with Crippen molar-refractivity contribution in [1.82, 2.24) is 4.90 Å². The zero-order valence-electron chi connectivity index (χ0n) is 16.0. The topological polar surface area (TPSA) is 52.6 Å². The fraction of sp³-hybridized carbons (Fsp3) is 0.435. The van der Waals surface area contributed by atoms with Crippen LogP contribution in [0.15, 0.2) is 54.6 Å². The molecule has 1 aliphatic carbocycles. The van der Waals surface area contributed by atoms with Gasteiger partial charge in [-0.2, -0.15) is 0 Å². The van der Waals surface area contributed by atoms with Crippen molar-refractivity contribution < 1.29 is 14.3 Å². The number of carbonyl (C=O) groups is 1. The average molecular weight is 382 g/mol. The second-order valence-corrected chi connectivity index (χ2v) is 8.09. The minimum atomic E-state index is -0.691. The predicted molar refractivity (Wildman–Crippen MR) is 107 cm³/mol. The number of fused-ring (bicyclic) bond motifs is 1. The summed E-state index contributed by atoms with van der Waals surface area (Å²) in [6, 6.07) is 15.9. The summed E-state index contributed by atoms with van der Waals surface area (Å²) in [6.45, 7) is 0.904. The number of para-hydroxylation sites is 1. The number of piperidine rings is 1. The maximum Gasteiger partial charge on any atom is 0.238 e. The summed E-state index contributed by atoms with van der Waals surface area (Å²) in [7, 11) is 0. The van der Waals surface area contributed by atoms with Gasteiger partial charge in [0.05, 0.1) is 12.1 Å². The van der Waals surface area contributed by atoms with Crippen LogP contribution in [0.1, 0.15) is 43.7 Å². The van der Waals surface area contributed by atoms with Crippen LogP contribution in [0.3, 0.4) is 0 Å². The standard InChI is InChI=1S/C23H27FN2O2/c24-18-11-9-17(10-12-18)22-20-8-4-5-13-23(20,28)14-15-26(22)16-21(27)25-19-6-2-1-3-7-19/h1-3,6-7,9-12,20,22,28H,4-5,8,13-16H2,(H,25,27)/t20-,22+,23-/m1/s1. The maximum absolute atomic E-state index is 13.5. The van der Waals surface area contributed by atoms with Crippen LogP contribution in [-0.4, -0.2) is 34.6 Å². The fourth-order valence-electron chi connectivity index (χ4n) is 4.93. The molecule has 4 rings (SSSR count). The quantitative estimate of drug-likeness (QED) is 0.836. The molecule has 2 aliphatic rings. The van der Waals surface area contributed by atoms with E-state index >= 15 is 0 Å². The van der Waals surface area contributed by atoms with Crippen molar-refractivity contribution in [2.75, 3.05) is 18.4 Å². The molecule has 28 heavy (non-hydrogen) atoms. The van der Waals surface area contributed by atoms with Gasteiger partial charge < -0.3 is 10.4 Å². The van der Waals surface area contributed by atoms with Gasteiger partial charge in [-0.1, -0.05) is 43.2 Å². The zero-order valence-corrected chi connectivity index (χ0v) is 16.0. The molecule has 1 saturated carbocycles. The zero-order chi connectivity index (χ0) is 19.6. The molecule has 1 aliphatic heterocycles. The van der Waals surface area contributed by atoms with Gasteiger partial charge in [0.15, 0.2) is 0 Å². The van der Waals surface area contributed by atoms with Crippen LogP contribution < -0.4 is 5.32 Å². The number of benzene rings is 2. The highest BCUT2D eigenvalue weighted by Gasteiger charge is 2.49. The SMILES string of the molecule is O=C(CN1CC[C@]2(O)CCCC[C@@H]2[C@@H]1c1ccc(F)cc1)Nc1ccccc1. The minimum Gasteiger partial charge on any atom is -0.389 e. The summed E-state index contributed by atoms with van der Waals surface area (Å²) in [5, 5.41) is 14.2. The van der Waals surface area contributed by atoms with Crippen molar-refractivity contribution in [3.05, 3.63) is 66.0 Å². The number of anilines is 1. The first-order chi connectivity index (χ1) is 13.5. The Morgan fingerprint density at radius 1 is 1.11 bits per heavy atom. The molecule has 2 N–H and O–H groups in total. The van der Waals surface area contributed by atoms with E-state index in [1.165, 1.54) is 12.1 Å². The number of carbonyl (C=O) groups excluding carboxylic acids is 1. The number of hydrogen-bond acceptors (Lipinski definition) is 3. The van der Waals surface area contributed by atoms with E-state index in [0.717, 1.165) is 36.9 Å². The molecule has 4 nitrogen and oxygen atoms in total. The van der Waals surface area contributed by atoms with Gasteiger partial charge in [-0.15, -0.1) is 0 Å². The summed E-state index contributed by atoms with van der Waals surface area (Å²) < 4.78 is 13.5. The molecule has 0 bridgehead atoms. The normalized spacial score (nSPS) is 27.8. The van der Waals surface area contributed by atoms with E-state index in [9.17, 15) is 14.3 Å². The van der Waals surface area contributed by atoms with E-state index in [4.69, 9.17) is 0 Å². The number of halogens is 1. The van der Waals surface area contributed by atoms with Crippen LogP contribution in [0.2, 0.25) is 0 Å². The van der Waals surface area contributed by atoms with Gasteiger partial charge in [-0.3, -0.25) is 9.69 Å². The van der Waals surface area contributed by atoms with Gasteiger partial charge in [-0.25, -0.2) is 4.39 Å². The predicted octanol–water partition coefficient (Wildman–Crippen LogP) is 4.13. The van der Waals surface area contributed by atoms with Crippen LogP contribution in [0.25, 0.3) is 0 Å². The largest absolute Gasteiger partial charge is 0.389 e. The van der Waals surface area contributed by atoms with Gasteiger partial charge in [0.2, 0.25) is 5.91 Å². The minimum absolute atomic E-state index is 0.0602. The Kier molecular flexibility index (Phi) is 5.47. The Labute approximate surface area is 165 Å². The molecule has 0 radical (unpaired) electrons. The van der Waals surface area contributed by atoms with E-state index in [-0.39, 0.29) is 30.2 Å². The molecule has 148 valence electrons. The first kappa shape index (κ1) is 19.1. The van der Waals surface area contributed by atoms with E-state index in [1.54, 1.807) is 12.1 Å². The van der Waals surface area contributed by atoms with Crippen LogP contribution >= 0.6 is 0 Å². The summed E-state index contributed by atoms with van der Waals surface area (Å²) in [4.78, 5) is 14.8. The molecule has 0 unspecified atom stereocenters. The first-order valence-corrected chi connectivity index (χ1v) is 10.1. The average Bonchev–Trinajstić information content (AvgIpc) is 2.69. The Balaban J connectivity index is 1.57. The van der Waals surface area contributed by atoms with Crippen LogP contribution in [0.4, 0.5) is 10.1 Å².